The van der Waals surface area contributed by atoms with E-state index in [0.29, 0.717) is 37.1 Å². The van der Waals surface area contributed by atoms with E-state index in [1.54, 1.807) is 10.3 Å². The Balaban J connectivity index is 1.61. The van der Waals surface area contributed by atoms with Gasteiger partial charge in [-0.15, -0.1) is 11.3 Å². The van der Waals surface area contributed by atoms with Gasteiger partial charge in [0.05, 0.1) is 11.7 Å². The Hall–Kier alpha value is -2.65. The maximum absolute atomic E-state index is 12.8. The predicted molar refractivity (Wildman–Crippen MR) is 132 cm³/mol. The minimum Gasteiger partial charge on any atom is -0.444 e. The van der Waals surface area contributed by atoms with Gasteiger partial charge in [0.25, 0.3) is 11.5 Å². The van der Waals surface area contributed by atoms with E-state index in [1.165, 1.54) is 11.3 Å². The molecule has 8 nitrogen and oxygen atoms in total. The fourth-order valence-corrected chi connectivity index (χ4v) is 5.40. The van der Waals surface area contributed by atoms with Crippen molar-refractivity contribution in [1.29, 1.82) is 0 Å². The molecular formula is C25H35N3O5S. The maximum Gasteiger partial charge on any atom is 0.410 e. The van der Waals surface area contributed by atoms with Crippen LogP contribution in [0.15, 0.2) is 16.2 Å². The van der Waals surface area contributed by atoms with Crippen molar-refractivity contribution >= 4 is 23.3 Å². The predicted octanol–water partition coefficient (Wildman–Crippen LogP) is 3.97. The van der Waals surface area contributed by atoms with E-state index in [9.17, 15) is 19.5 Å². The zero-order chi connectivity index (χ0) is 25.2. The summed E-state index contributed by atoms with van der Waals surface area (Å²) in [5.74, 6) is -0.271. The van der Waals surface area contributed by atoms with E-state index in [2.05, 4.69) is 10.3 Å². The fourth-order valence-electron chi connectivity index (χ4n) is 4.25. The molecule has 34 heavy (non-hydrogen) atoms. The Kier molecular flexibility index (Phi) is 7.88. The van der Waals surface area contributed by atoms with Crippen LogP contribution in [0.5, 0.6) is 0 Å². The van der Waals surface area contributed by atoms with Gasteiger partial charge in [0.2, 0.25) is 0 Å². The molecule has 0 bridgehead atoms. The summed E-state index contributed by atoms with van der Waals surface area (Å²) < 4.78 is 5.44. The Morgan fingerprint density at radius 1 is 1.26 bits per heavy atom. The minimum atomic E-state index is -0.700. The van der Waals surface area contributed by atoms with Gasteiger partial charge in [-0.25, -0.2) is 4.79 Å². The topological polar surface area (TPSA) is 112 Å². The first-order valence-electron chi connectivity index (χ1n) is 11.6. The van der Waals surface area contributed by atoms with E-state index >= 15 is 0 Å². The minimum absolute atomic E-state index is 0.000662. The fraction of sp³-hybridized carbons (Fsp3) is 0.560. The molecule has 0 saturated carbocycles. The number of piperidine rings is 1. The second-order valence-electron chi connectivity index (χ2n) is 10.0. The Labute approximate surface area is 204 Å². The molecule has 0 spiro atoms. The van der Waals surface area contributed by atoms with Gasteiger partial charge < -0.3 is 25.0 Å². The number of amides is 2. The molecule has 0 aliphatic carbocycles. The SMILES string of the molecule is Cc1cc(C)c(CNC(=O)c2csc(C(O)C3CCN(C(=O)OC(C)(C)C)CC3)c2C)c(=O)[nH]1. The van der Waals surface area contributed by atoms with Crippen LogP contribution in [0.2, 0.25) is 0 Å². The molecular weight excluding hydrogens is 454 g/mol. The Bertz CT molecular complexity index is 1110. The molecule has 2 amide bonds. The molecule has 186 valence electrons. The van der Waals surface area contributed by atoms with Crippen LogP contribution in [0, 0.1) is 26.7 Å². The van der Waals surface area contributed by atoms with E-state index < -0.39 is 11.7 Å². The summed E-state index contributed by atoms with van der Waals surface area (Å²) in [7, 11) is 0. The molecule has 2 aromatic rings. The molecule has 0 radical (unpaired) electrons. The van der Waals surface area contributed by atoms with E-state index in [4.69, 9.17) is 4.74 Å². The molecule has 9 heteroatoms. The molecule has 3 heterocycles. The number of aromatic amines is 1. The van der Waals surface area contributed by atoms with Crippen molar-refractivity contribution in [3.8, 4) is 0 Å². The molecule has 0 aromatic carbocycles. The first kappa shape index (κ1) is 26.0. The zero-order valence-corrected chi connectivity index (χ0v) is 21.6. The van der Waals surface area contributed by atoms with Crippen LogP contribution in [0.1, 0.15) is 77.3 Å². The molecule has 3 N–H and O–H groups in total. The number of thiophene rings is 1. The number of nitrogens with zero attached hydrogens (tertiary/aromatic N) is 1. The van der Waals surface area contributed by atoms with Gasteiger partial charge in [-0.2, -0.15) is 0 Å². The highest BCUT2D eigenvalue weighted by Gasteiger charge is 2.32. The van der Waals surface area contributed by atoms with Crippen molar-refractivity contribution in [3.05, 3.63) is 54.6 Å². The smallest absolute Gasteiger partial charge is 0.410 e. The number of carbonyl (C=O) groups is 2. The van der Waals surface area contributed by atoms with Crippen molar-refractivity contribution in [2.45, 2.75) is 72.6 Å². The molecule has 3 rings (SSSR count). The van der Waals surface area contributed by atoms with Crippen molar-refractivity contribution in [1.82, 2.24) is 15.2 Å². The lowest BCUT2D eigenvalue weighted by Crippen LogP contribution is -2.42. The summed E-state index contributed by atoms with van der Waals surface area (Å²) in [5, 5.41) is 15.6. The third-order valence-corrected chi connectivity index (χ3v) is 7.30. The number of hydrogen-bond acceptors (Lipinski definition) is 6. The molecule has 2 aromatic heterocycles. The van der Waals surface area contributed by atoms with Crippen LogP contribution in [-0.4, -0.2) is 45.7 Å². The average molecular weight is 490 g/mol. The number of aliphatic hydroxyl groups is 1. The van der Waals surface area contributed by atoms with Crippen LogP contribution < -0.4 is 10.9 Å². The Morgan fingerprint density at radius 2 is 1.91 bits per heavy atom. The van der Waals surface area contributed by atoms with Gasteiger partial charge in [0.1, 0.15) is 5.60 Å². The normalized spacial score (nSPS) is 15.8. The van der Waals surface area contributed by atoms with Crippen LogP contribution in [0.3, 0.4) is 0 Å². The highest BCUT2D eigenvalue weighted by atomic mass is 32.1. The molecule has 1 atom stereocenters. The molecule has 1 aliphatic heterocycles. The molecule has 1 fully saturated rings. The van der Waals surface area contributed by atoms with E-state index in [-0.39, 0.29) is 30.0 Å². The van der Waals surface area contributed by atoms with Crippen molar-refractivity contribution in [3.63, 3.8) is 0 Å². The second kappa shape index (κ2) is 10.3. The standard InChI is InChI=1S/C25H35N3O5S/c1-14-11-15(2)27-23(31)18(14)12-26-22(30)19-13-34-21(16(19)3)20(29)17-7-9-28(10-8-17)24(32)33-25(4,5)6/h11,13,17,20,29H,7-10,12H2,1-6H3,(H,26,30)(H,27,31). The maximum atomic E-state index is 12.8. The third-order valence-electron chi connectivity index (χ3n) is 6.15. The highest BCUT2D eigenvalue weighted by molar-refractivity contribution is 7.10. The summed E-state index contributed by atoms with van der Waals surface area (Å²) in [6.45, 7) is 12.2. The summed E-state index contributed by atoms with van der Waals surface area (Å²) in [6, 6.07) is 1.88. The zero-order valence-electron chi connectivity index (χ0n) is 20.8. The van der Waals surface area contributed by atoms with Gasteiger partial charge in [0, 0.05) is 41.1 Å². The number of nitrogens with one attached hydrogen (secondary N) is 2. The van der Waals surface area contributed by atoms with Crippen LogP contribution in [0.4, 0.5) is 4.79 Å². The van der Waals surface area contributed by atoms with Gasteiger partial charge in [-0.1, -0.05) is 0 Å². The van der Waals surface area contributed by atoms with Crippen molar-refractivity contribution in [2.75, 3.05) is 13.1 Å². The van der Waals surface area contributed by atoms with E-state index in [1.807, 2.05) is 47.6 Å². The molecule has 1 unspecified atom stereocenters. The van der Waals surface area contributed by atoms with Crippen molar-refractivity contribution in [2.24, 2.45) is 5.92 Å². The van der Waals surface area contributed by atoms with Crippen LogP contribution in [-0.2, 0) is 11.3 Å². The number of hydrogen-bond donors (Lipinski definition) is 3. The number of ether oxygens (including phenoxy) is 1. The van der Waals surface area contributed by atoms with Gasteiger partial charge in [0.15, 0.2) is 0 Å². The first-order chi connectivity index (χ1) is 15.9. The number of aryl methyl sites for hydroxylation is 2. The van der Waals surface area contributed by atoms with Crippen LogP contribution in [0.25, 0.3) is 0 Å². The summed E-state index contributed by atoms with van der Waals surface area (Å²) in [4.78, 5) is 42.5. The van der Waals surface area contributed by atoms with Gasteiger partial charge >= 0.3 is 6.09 Å². The summed E-state index contributed by atoms with van der Waals surface area (Å²) >= 11 is 1.37. The lowest BCUT2D eigenvalue weighted by atomic mass is 9.89. The number of rotatable bonds is 5. The number of carbonyl (C=O) groups excluding carboxylic acids is 2. The largest absolute Gasteiger partial charge is 0.444 e. The molecule has 1 saturated heterocycles. The summed E-state index contributed by atoms with van der Waals surface area (Å²) in [5.41, 5.74) is 2.66. The lowest BCUT2D eigenvalue weighted by molar-refractivity contribution is 0.00800. The van der Waals surface area contributed by atoms with Crippen LogP contribution >= 0.6 is 11.3 Å². The number of H-pyrrole nitrogens is 1. The third kappa shape index (κ3) is 6.07. The van der Waals surface area contributed by atoms with Crippen molar-refractivity contribution < 1.29 is 19.4 Å². The van der Waals surface area contributed by atoms with Gasteiger partial charge in [-0.05, 0) is 77.5 Å². The van der Waals surface area contributed by atoms with E-state index in [0.717, 1.165) is 21.7 Å². The molecule has 1 aliphatic rings. The average Bonchev–Trinajstić information content (AvgIpc) is 3.12. The number of pyridine rings is 1. The Morgan fingerprint density at radius 3 is 2.50 bits per heavy atom. The van der Waals surface area contributed by atoms with Gasteiger partial charge in [-0.3, -0.25) is 9.59 Å². The number of aliphatic hydroxyl groups excluding tert-OH is 1. The first-order valence-corrected chi connectivity index (χ1v) is 12.5. The highest BCUT2D eigenvalue weighted by Crippen LogP contribution is 2.37. The monoisotopic (exact) mass is 489 g/mol. The number of likely N-dealkylation sites (tertiary alicyclic amines) is 1. The number of aromatic nitrogens is 1. The lowest BCUT2D eigenvalue weighted by Gasteiger charge is -2.35. The quantitative estimate of drug-likeness (QED) is 0.588. The second-order valence-corrected chi connectivity index (χ2v) is 10.9. The summed E-state index contributed by atoms with van der Waals surface area (Å²) in [6.07, 6.45) is 0.299.